The molecular formula is C23H16Cl2N2O2S. The van der Waals surface area contributed by atoms with E-state index in [2.05, 4.69) is 5.32 Å². The molecule has 0 radical (unpaired) electrons. The Bertz CT molecular complexity index is 1160. The van der Waals surface area contributed by atoms with Crippen LogP contribution < -0.4 is 10.2 Å². The molecule has 30 heavy (non-hydrogen) atoms. The van der Waals surface area contributed by atoms with Crippen molar-refractivity contribution in [2.75, 3.05) is 10.2 Å². The van der Waals surface area contributed by atoms with Gasteiger partial charge in [-0.25, -0.2) is 4.90 Å². The number of hydrogen-bond donors (Lipinski definition) is 1. The van der Waals surface area contributed by atoms with E-state index in [4.69, 9.17) is 23.2 Å². The van der Waals surface area contributed by atoms with Crippen molar-refractivity contribution in [1.29, 1.82) is 0 Å². The molecule has 2 amide bonds. The van der Waals surface area contributed by atoms with Crippen molar-refractivity contribution < 1.29 is 9.59 Å². The molecule has 0 fully saturated rings. The van der Waals surface area contributed by atoms with Crippen molar-refractivity contribution in [3.8, 4) is 0 Å². The molecular weight excluding hydrogens is 439 g/mol. The third-order valence-electron chi connectivity index (χ3n) is 4.46. The molecule has 0 atom stereocenters. The van der Waals surface area contributed by atoms with Crippen LogP contribution in [-0.4, -0.2) is 11.8 Å². The number of halogens is 2. The molecule has 0 aliphatic carbocycles. The summed E-state index contributed by atoms with van der Waals surface area (Å²) in [6, 6.07) is 21.4. The monoisotopic (exact) mass is 454 g/mol. The lowest BCUT2D eigenvalue weighted by molar-refractivity contribution is -0.120. The maximum Gasteiger partial charge on any atom is 0.283 e. The zero-order chi connectivity index (χ0) is 21.3. The van der Waals surface area contributed by atoms with Gasteiger partial charge in [0.1, 0.15) is 10.6 Å². The van der Waals surface area contributed by atoms with E-state index in [-0.39, 0.29) is 5.70 Å². The van der Waals surface area contributed by atoms with Crippen LogP contribution >= 0.6 is 35.0 Å². The van der Waals surface area contributed by atoms with E-state index in [1.165, 1.54) is 11.8 Å². The predicted octanol–water partition coefficient (Wildman–Crippen LogP) is 6.29. The lowest BCUT2D eigenvalue weighted by atomic mass is 10.2. The summed E-state index contributed by atoms with van der Waals surface area (Å²) in [6.45, 7) is 1.99. The van der Waals surface area contributed by atoms with Crippen molar-refractivity contribution in [2.24, 2.45) is 0 Å². The molecule has 1 aliphatic heterocycles. The summed E-state index contributed by atoms with van der Waals surface area (Å²) in [5.74, 6) is -0.825. The number of aryl methyl sites for hydroxylation is 1. The molecule has 1 aliphatic rings. The normalized spacial score (nSPS) is 13.9. The van der Waals surface area contributed by atoms with Crippen LogP contribution in [0.4, 0.5) is 11.4 Å². The van der Waals surface area contributed by atoms with Gasteiger partial charge in [-0.3, -0.25) is 9.59 Å². The fourth-order valence-electron chi connectivity index (χ4n) is 2.97. The van der Waals surface area contributed by atoms with E-state index in [1.54, 1.807) is 48.5 Å². The lowest BCUT2D eigenvalue weighted by Crippen LogP contribution is -2.32. The minimum atomic E-state index is -0.433. The second-order valence-corrected chi connectivity index (χ2v) is 8.63. The van der Waals surface area contributed by atoms with Crippen LogP contribution in [0.2, 0.25) is 10.0 Å². The molecule has 0 saturated carbocycles. The molecule has 1 N–H and O–H groups in total. The van der Waals surface area contributed by atoms with Crippen molar-refractivity contribution in [3.63, 3.8) is 0 Å². The number of benzene rings is 3. The summed E-state index contributed by atoms with van der Waals surface area (Å²) in [5.41, 5.74) is 2.41. The van der Waals surface area contributed by atoms with Gasteiger partial charge >= 0.3 is 0 Å². The summed E-state index contributed by atoms with van der Waals surface area (Å²) in [6.07, 6.45) is 0. The van der Waals surface area contributed by atoms with Gasteiger partial charge in [-0.1, -0.05) is 58.7 Å². The molecule has 4 rings (SSSR count). The van der Waals surface area contributed by atoms with Gasteiger partial charge in [0.2, 0.25) is 0 Å². The quantitative estimate of drug-likeness (QED) is 0.460. The van der Waals surface area contributed by atoms with Crippen molar-refractivity contribution in [1.82, 2.24) is 0 Å². The topological polar surface area (TPSA) is 49.4 Å². The van der Waals surface area contributed by atoms with Gasteiger partial charge < -0.3 is 5.32 Å². The number of nitrogens with zero attached hydrogens (tertiary/aromatic N) is 1. The Balaban J connectivity index is 1.74. The number of anilines is 2. The Labute approximate surface area is 188 Å². The largest absolute Gasteiger partial charge is 0.350 e. The second kappa shape index (κ2) is 8.56. The number of amides is 2. The summed E-state index contributed by atoms with van der Waals surface area (Å²) >= 11 is 13.3. The molecule has 3 aromatic rings. The summed E-state index contributed by atoms with van der Waals surface area (Å²) < 4.78 is 0. The summed E-state index contributed by atoms with van der Waals surface area (Å²) in [5, 5.41) is 4.14. The first-order valence-corrected chi connectivity index (χ1v) is 10.7. The molecule has 150 valence electrons. The molecule has 3 aromatic carbocycles. The number of nitrogens with one attached hydrogen (secondary N) is 1. The smallest absolute Gasteiger partial charge is 0.283 e. The van der Waals surface area contributed by atoms with Gasteiger partial charge in [0.25, 0.3) is 11.8 Å². The molecule has 7 heteroatoms. The maximum atomic E-state index is 13.3. The van der Waals surface area contributed by atoms with Crippen molar-refractivity contribution in [3.05, 3.63) is 99.0 Å². The molecule has 0 aromatic heterocycles. The van der Waals surface area contributed by atoms with Crippen molar-refractivity contribution in [2.45, 2.75) is 11.8 Å². The average molecular weight is 455 g/mol. The number of carbonyl (C=O) groups is 2. The number of imide groups is 1. The van der Waals surface area contributed by atoms with E-state index >= 15 is 0 Å². The van der Waals surface area contributed by atoms with Gasteiger partial charge in [-0.15, -0.1) is 0 Å². The summed E-state index contributed by atoms with van der Waals surface area (Å²) in [4.78, 5) is 28.9. The molecule has 0 spiro atoms. The Kier molecular flexibility index (Phi) is 5.86. The Hall–Kier alpha value is -2.73. The Morgan fingerprint density at radius 1 is 0.833 bits per heavy atom. The Morgan fingerprint density at radius 3 is 2.20 bits per heavy atom. The van der Waals surface area contributed by atoms with Gasteiger partial charge in [0.15, 0.2) is 0 Å². The first kappa shape index (κ1) is 20.5. The number of rotatable bonds is 5. The zero-order valence-corrected chi connectivity index (χ0v) is 18.2. The van der Waals surface area contributed by atoms with Gasteiger partial charge in [-0.05, 0) is 61.5 Å². The predicted molar refractivity (Wildman–Crippen MR) is 123 cm³/mol. The highest BCUT2D eigenvalue weighted by Crippen LogP contribution is 2.38. The minimum Gasteiger partial charge on any atom is -0.350 e. The average Bonchev–Trinajstić information content (AvgIpc) is 2.94. The second-order valence-electron chi connectivity index (χ2n) is 6.68. The molecule has 4 nitrogen and oxygen atoms in total. The zero-order valence-electron chi connectivity index (χ0n) is 15.9. The SMILES string of the molecule is Cc1ccc(SC2=C(Nc3cccc(Cl)c3)C(=O)N(c3ccc(Cl)cc3)C2=O)cc1. The highest BCUT2D eigenvalue weighted by molar-refractivity contribution is 8.04. The van der Waals surface area contributed by atoms with Crippen LogP contribution in [0.5, 0.6) is 0 Å². The number of hydrogen-bond acceptors (Lipinski definition) is 4. The minimum absolute atomic E-state index is 0.211. The standard InChI is InChI=1S/C23H16Cl2N2O2S/c1-14-5-11-19(12-6-14)30-21-20(26-17-4-2-3-16(25)13-17)22(28)27(23(21)29)18-9-7-15(24)8-10-18/h2-13,26H,1H3. The fourth-order valence-corrected chi connectivity index (χ4v) is 4.22. The first-order valence-electron chi connectivity index (χ1n) is 9.08. The third kappa shape index (κ3) is 4.24. The molecule has 0 saturated heterocycles. The van der Waals surface area contributed by atoms with Crippen LogP contribution in [0.25, 0.3) is 0 Å². The van der Waals surface area contributed by atoms with E-state index in [0.29, 0.717) is 26.3 Å². The van der Waals surface area contributed by atoms with Gasteiger partial charge in [0.05, 0.1) is 5.69 Å². The van der Waals surface area contributed by atoms with Crippen LogP contribution in [-0.2, 0) is 9.59 Å². The van der Waals surface area contributed by atoms with Crippen LogP contribution in [0.1, 0.15) is 5.56 Å². The van der Waals surface area contributed by atoms with Crippen LogP contribution in [0.15, 0.2) is 88.3 Å². The van der Waals surface area contributed by atoms with Gasteiger partial charge in [-0.2, -0.15) is 0 Å². The molecule has 1 heterocycles. The fraction of sp³-hybridized carbons (Fsp3) is 0.0435. The highest BCUT2D eigenvalue weighted by atomic mass is 35.5. The van der Waals surface area contributed by atoms with E-state index in [1.807, 2.05) is 31.2 Å². The van der Waals surface area contributed by atoms with Gasteiger partial charge in [0, 0.05) is 20.6 Å². The Morgan fingerprint density at radius 2 is 1.53 bits per heavy atom. The maximum absolute atomic E-state index is 13.3. The molecule has 0 unspecified atom stereocenters. The van der Waals surface area contributed by atoms with E-state index in [0.717, 1.165) is 15.4 Å². The molecule has 0 bridgehead atoms. The number of carbonyl (C=O) groups excluding carboxylic acids is 2. The third-order valence-corrected chi connectivity index (χ3v) is 6.04. The highest BCUT2D eigenvalue weighted by Gasteiger charge is 2.40. The van der Waals surface area contributed by atoms with E-state index in [9.17, 15) is 9.59 Å². The lowest BCUT2D eigenvalue weighted by Gasteiger charge is -2.15. The van der Waals surface area contributed by atoms with Crippen molar-refractivity contribution >= 4 is 58.2 Å². The number of thioether (sulfide) groups is 1. The van der Waals surface area contributed by atoms with Crippen LogP contribution in [0.3, 0.4) is 0 Å². The van der Waals surface area contributed by atoms with Crippen LogP contribution in [0, 0.1) is 6.92 Å². The van der Waals surface area contributed by atoms with E-state index < -0.39 is 11.8 Å². The summed E-state index contributed by atoms with van der Waals surface area (Å²) in [7, 11) is 0. The first-order chi connectivity index (χ1) is 14.4.